The number of pyridine rings is 1. The summed E-state index contributed by atoms with van der Waals surface area (Å²) in [6.07, 6.45) is 12.4. The van der Waals surface area contributed by atoms with Crippen molar-refractivity contribution < 1.29 is 18.7 Å². The third kappa shape index (κ3) is 9.93. The number of hydrogen-bond donors (Lipinski definition) is 3. The van der Waals surface area contributed by atoms with Gasteiger partial charge in [-0.05, 0) is 45.1 Å². The van der Waals surface area contributed by atoms with Crippen LogP contribution in [0.4, 0.5) is 20.2 Å². The molecule has 0 aliphatic carbocycles. The molecule has 0 bridgehead atoms. The molecule has 9 heteroatoms. The first-order valence-corrected chi connectivity index (χ1v) is 12.6. The van der Waals surface area contributed by atoms with Crippen LogP contribution in [-0.4, -0.2) is 29.2 Å². The number of nitrogens with one attached hydrogen (secondary N) is 2. The van der Waals surface area contributed by atoms with Crippen LogP contribution in [0.25, 0.3) is 0 Å². The van der Waals surface area contributed by atoms with E-state index in [1.807, 2.05) is 7.05 Å². The lowest BCUT2D eigenvalue weighted by molar-refractivity contribution is 0.0696. The maximum Gasteiger partial charge on any atom is 0.339 e. The Morgan fingerprint density at radius 3 is 2.21 bits per heavy atom. The van der Waals surface area contributed by atoms with Gasteiger partial charge in [0, 0.05) is 17.2 Å². The zero-order chi connectivity index (χ0) is 25.5. The Kier molecular flexibility index (Phi) is 14.3. The van der Waals surface area contributed by atoms with Crippen LogP contribution < -0.4 is 16.2 Å². The first-order valence-electron chi connectivity index (χ1n) is 11.8. The lowest BCUT2D eigenvalue weighted by atomic mass is 10.1. The van der Waals surface area contributed by atoms with Gasteiger partial charge in [-0.15, -0.1) is 0 Å². The Balaban J connectivity index is 0.000000411. The van der Waals surface area contributed by atoms with E-state index in [1.165, 1.54) is 70.0 Å². The molecule has 3 N–H and O–H groups in total. The molecule has 190 valence electrons. The van der Waals surface area contributed by atoms with Gasteiger partial charge in [-0.3, -0.25) is 4.79 Å². The highest BCUT2D eigenvalue weighted by molar-refractivity contribution is 9.10. The maximum atomic E-state index is 14.2. The first-order chi connectivity index (χ1) is 16.3. The predicted molar refractivity (Wildman–Crippen MR) is 137 cm³/mol. The molecule has 1 heterocycles. The largest absolute Gasteiger partial charge is 0.478 e. The van der Waals surface area contributed by atoms with Crippen molar-refractivity contribution in [2.45, 2.75) is 71.8 Å². The van der Waals surface area contributed by atoms with Crippen LogP contribution in [0.5, 0.6) is 0 Å². The SMILES string of the molecule is CCCCCCCCCCNC.CCn1cc(C(=O)O)c(Nc2ccc(Br)cc2F)c(F)c1=O. The Hall–Kier alpha value is -2.26. The number of carboxylic acids is 1. The number of carbonyl (C=O) groups is 1. The average Bonchev–Trinajstić information content (AvgIpc) is 2.80. The number of carboxylic acid groups (broad SMARTS) is 1. The first kappa shape index (κ1) is 29.8. The molecule has 34 heavy (non-hydrogen) atoms. The van der Waals surface area contributed by atoms with Gasteiger partial charge >= 0.3 is 5.97 Å². The number of nitrogens with zero attached hydrogens (tertiary/aromatic N) is 1. The molecule has 1 aromatic carbocycles. The average molecular weight is 544 g/mol. The highest BCUT2D eigenvalue weighted by atomic mass is 79.9. The summed E-state index contributed by atoms with van der Waals surface area (Å²) in [5, 5.41) is 14.7. The number of rotatable bonds is 13. The van der Waals surface area contributed by atoms with Gasteiger partial charge in [-0.1, -0.05) is 67.8 Å². The smallest absolute Gasteiger partial charge is 0.339 e. The minimum atomic E-state index is -1.43. The molecule has 0 atom stereocenters. The summed E-state index contributed by atoms with van der Waals surface area (Å²) in [6.45, 7) is 5.15. The third-order valence-corrected chi connectivity index (χ3v) is 5.76. The molecule has 0 fully saturated rings. The fraction of sp³-hybridized carbons (Fsp3) is 0.520. The van der Waals surface area contributed by atoms with E-state index in [9.17, 15) is 18.4 Å². The summed E-state index contributed by atoms with van der Waals surface area (Å²) in [5.41, 5.74) is -2.14. The second-order valence-corrected chi connectivity index (χ2v) is 8.87. The second kappa shape index (κ2) is 16.4. The van der Waals surface area contributed by atoms with E-state index in [0.29, 0.717) is 4.47 Å². The van der Waals surface area contributed by atoms with E-state index in [2.05, 4.69) is 33.5 Å². The van der Waals surface area contributed by atoms with E-state index in [1.54, 1.807) is 6.92 Å². The third-order valence-electron chi connectivity index (χ3n) is 5.26. The van der Waals surface area contributed by atoms with Crippen molar-refractivity contribution in [2.24, 2.45) is 0 Å². The summed E-state index contributed by atoms with van der Waals surface area (Å²) in [5.74, 6) is -3.42. The van der Waals surface area contributed by atoms with Crippen molar-refractivity contribution in [2.75, 3.05) is 18.9 Å². The van der Waals surface area contributed by atoms with Gasteiger partial charge in [-0.25, -0.2) is 9.18 Å². The molecule has 0 spiro atoms. The van der Waals surface area contributed by atoms with Gasteiger partial charge in [-0.2, -0.15) is 4.39 Å². The molecule has 0 saturated carbocycles. The van der Waals surface area contributed by atoms with Gasteiger partial charge in [0.15, 0.2) is 0 Å². The molecule has 1 aromatic heterocycles. The van der Waals surface area contributed by atoms with Crippen LogP contribution in [0.1, 0.15) is 75.6 Å². The zero-order valence-corrected chi connectivity index (χ0v) is 21.8. The number of aryl methyl sites for hydroxylation is 1. The molecule has 2 rings (SSSR count). The van der Waals surface area contributed by atoms with Crippen molar-refractivity contribution in [3.63, 3.8) is 0 Å². The highest BCUT2D eigenvalue weighted by Crippen LogP contribution is 2.26. The predicted octanol–water partition coefficient (Wildman–Crippen LogP) is 6.70. The molecule has 0 aliphatic heterocycles. The van der Waals surface area contributed by atoms with Crippen LogP contribution >= 0.6 is 15.9 Å². The van der Waals surface area contributed by atoms with Gasteiger partial charge in [0.25, 0.3) is 5.56 Å². The van der Waals surface area contributed by atoms with Gasteiger partial charge < -0.3 is 20.3 Å². The van der Waals surface area contributed by atoms with E-state index in [-0.39, 0.29) is 12.2 Å². The van der Waals surface area contributed by atoms with Crippen molar-refractivity contribution in [1.82, 2.24) is 9.88 Å². The molecule has 2 aromatic rings. The normalized spacial score (nSPS) is 10.5. The number of aromatic carboxylic acids is 1. The van der Waals surface area contributed by atoms with Gasteiger partial charge in [0.1, 0.15) is 11.4 Å². The maximum absolute atomic E-state index is 14.2. The number of anilines is 2. The summed E-state index contributed by atoms with van der Waals surface area (Å²) in [7, 11) is 2.03. The summed E-state index contributed by atoms with van der Waals surface area (Å²) in [4.78, 5) is 23.0. The summed E-state index contributed by atoms with van der Waals surface area (Å²) < 4.78 is 29.4. The molecule has 0 unspecified atom stereocenters. The van der Waals surface area contributed by atoms with Crippen molar-refractivity contribution in [3.05, 3.63) is 56.4 Å². The van der Waals surface area contributed by atoms with Crippen molar-refractivity contribution >= 4 is 33.3 Å². The van der Waals surface area contributed by atoms with E-state index in [0.717, 1.165) is 16.8 Å². The Morgan fingerprint density at radius 2 is 1.68 bits per heavy atom. The minimum Gasteiger partial charge on any atom is -0.478 e. The van der Waals surface area contributed by atoms with Gasteiger partial charge in [0.2, 0.25) is 5.82 Å². The molecular weight excluding hydrogens is 508 g/mol. The van der Waals surface area contributed by atoms with Crippen LogP contribution in [0.2, 0.25) is 0 Å². The Bertz CT molecular complexity index is 957. The Labute approximate surface area is 208 Å². The summed E-state index contributed by atoms with van der Waals surface area (Å²) in [6, 6.07) is 3.93. The Morgan fingerprint density at radius 1 is 1.06 bits per heavy atom. The van der Waals surface area contributed by atoms with Crippen LogP contribution in [0.3, 0.4) is 0 Å². The topological polar surface area (TPSA) is 83.4 Å². The van der Waals surface area contributed by atoms with Crippen molar-refractivity contribution in [3.8, 4) is 0 Å². The monoisotopic (exact) mass is 543 g/mol. The number of unbranched alkanes of at least 4 members (excludes halogenated alkanes) is 7. The number of aromatic nitrogens is 1. The number of benzene rings is 1. The highest BCUT2D eigenvalue weighted by Gasteiger charge is 2.21. The molecule has 0 amide bonds. The van der Waals surface area contributed by atoms with E-state index in [4.69, 9.17) is 5.11 Å². The minimum absolute atomic E-state index is 0.114. The van der Waals surface area contributed by atoms with E-state index < -0.39 is 34.4 Å². The lowest BCUT2D eigenvalue weighted by Crippen LogP contribution is -2.25. The second-order valence-electron chi connectivity index (χ2n) is 7.96. The molecule has 0 radical (unpaired) electrons. The molecule has 6 nitrogen and oxygen atoms in total. The quantitative estimate of drug-likeness (QED) is 0.245. The number of halogens is 3. The van der Waals surface area contributed by atoms with Crippen LogP contribution in [0.15, 0.2) is 33.7 Å². The fourth-order valence-electron chi connectivity index (χ4n) is 3.31. The zero-order valence-electron chi connectivity index (χ0n) is 20.2. The van der Waals surface area contributed by atoms with Gasteiger partial charge in [0.05, 0.1) is 11.4 Å². The van der Waals surface area contributed by atoms with Crippen molar-refractivity contribution in [1.29, 1.82) is 0 Å². The molecular formula is C25H36BrF2N3O3. The fourth-order valence-corrected chi connectivity index (χ4v) is 3.64. The lowest BCUT2D eigenvalue weighted by Gasteiger charge is -2.13. The molecule has 0 saturated heterocycles. The molecule has 0 aliphatic rings. The van der Waals surface area contributed by atoms with E-state index >= 15 is 0 Å². The van der Waals surface area contributed by atoms with Crippen LogP contribution in [-0.2, 0) is 6.54 Å². The standard InChI is InChI=1S/C14H11BrF2N2O3.C11H25N/c1-2-19-6-8(14(21)22)12(11(17)13(19)20)18-10-4-3-7(15)5-9(10)16;1-3-4-5-6-7-8-9-10-11-12-2/h3-6,18H,2H2,1H3,(H,21,22);12H,3-11H2,1-2H3. The van der Waals surface area contributed by atoms with Crippen LogP contribution in [0, 0.1) is 11.6 Å². The summed E-state index contributed by atoms with van der Waals surface area (Å²) >= 11 is 3.08. The number of hydrogen-bond acceptors (Lipinski definition) is 4.